The fraction of sp³-hybridized carbons (Fsp3) is 0.417. The Kier molecular flexibility index (Phi) is 5.93. The van der Waals surface area contributed by atoms with Crippen LogP contribution < -0.4 is 10.9 Å². The van der Waals surface area contributed by atoms with Crippen LogP contribution in [0.4, 0.5) is 0 Å². The topological polar surface area (TPSA) is 76.9 Å². The highest BCUT2D eigenvalue weighted by molar-refractivity contribution is 5.84. The SMILES string of the molecule is CC1CCCC(NC(=O)Cn2nc(Cc3ccncc3)c3ccccc3c2=O)C1C. The van der Waals surface area contributed by atoms with Crippen molar-refractivity contribution in [2.75, 3.05) is 0 Å². The molecular formula is C24H28N4O2. The molecule has 156 valence electrons. The maximum absolute atomic E-state index is 13.0. The monoisotopic (exact) mass is 404 g/mol. The molecule has 0 radical (unpaired) electrons. The maximum atomic E-state index is 13.0. The van der Waals surface area contributed by atoms with Crippen molar-refractivity contribution in [2.45, 2.75) is 52.1 Å². The van der Waals surface area contributed by atoms with E-state index in [4.69, 9.17) is 0 Å². The molecule has 1 N–H and O–H groups in total. The lowest BCUT2D eigenvalue weighted by molar-refractivity contribution is -0.123. The van der Waals surface area contributed by atoms with Crippen molar-refractivity contribution >= 4 is 16.7 Å². The molecule has 0 aliphatic heterocycles. The maximum Gasteiger partial charge on any atom is 0.275 e. The van der Waals surface area contributed by atoms with Crippen molar-refractivity contribution in [2.24, 2.45) is 11.8 Å². The number of hydrogen-bond donors (Lipinski definition) is 1. The highest BCUT2D eigenvalue weighted by Gasteiger charge is 2.28. The summed E-state index contributed by atoms with van der Waals surface area (Å²) in [6, 6.07) is 11.5. The molecule has 1 fully saturated rings. The van der Waals surface area contributed by atoms with E-state index in [9.17, 15) is 9.59 Å². The Labute approximate surface area is 176 Å². The summed E-state index contributed by atoms with van der Waals surface area (Å²) in [6.45, 7) is 4.37. The van der Waals surface area contributed by atoms with Crippen LogP contribution >= 0.6 is 0 Å². The molecule has 2 heterocycles. The van der Waals surface area contributed by atoms with E-state index in [1.165, 1.54) is 11.1 Å². The van der Waals surface area contributed by atoms with E-state index in [1.807, 2.05) is 30.3 Å². The van der Waals surface area contributed by atoms with Crippen molar-refractivity contribution in [1.29, 1.82) is 0 Å². The molecule has 4 rings (SSSR count). The minimum absolute atomic E-state index is 0.0649. The summed E-state index contributed by atoms with van der Waals surface area (Å²) in [5.41, 5.74) is 1.61. The van der Waals surface area contributed by atoms with E-state index in [0.29, 0.717) is 23.6 Å². The third kappa shape index (κ3) is 4.27. The Bertz CT molecular complexity index is 1090. The molecule has 0 spiro atoms. The molecule has 30 heavy (non-hydrogen) atoms. The number of amides is 1. The third-order valence-electron chi connectivity index (χ3n) is 6.41. The average Bonchev–Trinajstić information content (AvgIpc) is 2.75. The van der Waals surface area contributed by atoms with Crippen molar-refractivity contribution < 1.29 is 4.79 Å². The molecule has 0 bridgehead atoms. The Hall–Kier alpha value is -3.02. The summed E-state index contributed by atoms with van der Waals surface area (Å²) in [7, 11) is 0. The minimum Gasteiger partial charge on any atom is -0.351 e. The van der Waals surface area contributed by atoms with Crippen molar-refractivity contribution in [3.05, 3.63) is 70.4 Å². The molecule has 0 saturated heterocycles. The molecule has 1 aliphatic rings. The highest BCUT2D eigenvalue weighted by Crippen LogP contribution is 2.29. The lowest BCUT2D eigenvalue weighted by atomic mass is 9.78. The first kappa shape index (κ1) is 20.3. The van der Waals surface area contributed by atoms with Gasteiger partial charge in [0.2, 0.25) is 5.91 Å². The third-order valence-corrected chi connectivity index (χ3v) is 6.41. The molecule has 3 unspecified atom stereocenters. The summed E-state index contributed by atoms with van der Waals surface area (Å²) < 4.78 is 1.31. The first-order valence-electron chi connectivity index (χ1n) is 10.7. The second kappa shape index (κ2) is 8.78. The Balaban J connectivity index is 1.61. The normalized spacial score (nSPS) is 21.5. The Morgan fingerprint density at radius 3 is 2.60 bits per heavy atom. The van der Waals surface area contributed by atoms with Gasteiger partial charge in [0.05, 0.1) is 11.1 Å². The van der Waals surface area contributed by atoms with Gasteiger partial charge in [-0.25, -0.2) is 4.68 Å². The summed E-state index contributed by atoms with van der Waals surface area (Å²) in [5.74, 6) is 0.879. The minimum atomic E-state index is -0.232. The molecule has 6 nitrogen and oxygen atoms in total. The second-order valence-corrected chi connectivity index (χ2v) is 8.43. The Morgan fingerprint density at radius 1 is 1.10 bits per heavy atom. The van der Waals surface area contributed by atoms with Crippen LogP contribution in [-0.4, -0.2) is 26.7 Å². The highest BCUT2D eigenvalue weighted by atomic mass is 16.2. The number of aromatic nitrogens is 3. The van der Waals surface area contributed by atoms with Gasteiger partial charge in [0.1, 0.15) is 6.54 Å². The molecule has 1 aliphatic carbocycles. The fourth-order valence-corrected chi connectivity index (χ4v) is 4.41. The number of nitrogens with one attached hydrogen (secondary N) is 1. The first-order valence-corrected chi connectivity index (χ1v) is 10.7. The smallest absolute Gasteiger partial charge is 0.275 e. The molecule has 1 saturated carbocycles. The van der Waals surface area contributed by atoms with E-state index in [2.05, 4.69) is 29.2 Å². The van der Waals surface area contributed by atoms with Crippen molar-refractivity contribution in [1.82, 2.24) is 20.1 Å². The largest absolute Gasteiger partial charge is 0.351 e. The van der Waals surface area contributed by atoms with Gasteiger partial charge in [-0.1, -0.05) is 44.9 Å². The predicted molar refractivity (Wildman–Crippen MR) is 117 cm³/mol. The van der Waals surface area contributed by atoms with Gasteiger partial charge in [-0.2, -0.15) is 5.10 Å². The molecule has 3 atom stereocenters. The van der Waals surface area contributed by atoms with Gasteiger partial charge in [0, 0.05) is 30.2 Å². The van der Waals surface area contributed by atoms with Gasteiger partial charge >= 0.3 is 0 Å². The molecule has 1 aromatic carbocycles. The quantitative estimate of drug-likeness (QED) is 0.708. The molecule has 6 heteroatoms. The van der Waals surface area contributed by atoms with Crippen LogP contribution in [0.1, 0.15) is 44.4 Å². The number of carbonyl (C=O) groups is 1. The van der Waals surface area contributed by atoms with E-state index < -0.39 is 0 Å². The molecule has 3 aromatic rings. The number of pyridine rings is 1. The van der Waals surface area contributed by atoms with Gasteiger partial charge in [-0.3, -0.25) is 14.6 Å². The standard InChI is InChI=1S/C24H28N4O2/c1-16-6-5-9-21(17(16)2)26-23(29)15-28-24(30)20-8-4-3-7-19(20)22(27-28)14-18-10-12-25-13-11-18/h3-4,7-8,10-13,16-17,21H,5-6,9,14-15H2,1-2H3,(H,26,29). The van der Waals surface area contributed by atoms with Crippen LogP contribution in [-0.2, 0) is 17.8 Å². The van der Waals surface area contributed by atoms with Gasteiger partial charge in [0.15, 0.2) is 0 Å². The molecule has 2 aromatic heterocycles. The van der Waals surface area contributed by atoms with E-state index >= 15 is 0 Å². The van der Waals surface area contributed by atoms with Crippen LogP contribution in [0.5, 0.6) is 0 Å². The van der Waals surface area contributed by atoms with Crippen LogP contribution in [0.3, 0.4) is 0 Å². The summed E-state index contributed by atoms with van der Waals surface area (Å²) >= 11 is 0. The number of hydrogen-bond acceptors (Lipinski definition) is 4. The lowest BCUT2D eigenvalue weighted by Crippen LogP contribution is -2.45. The van der Waals surface area contributed by atoms with E-state index in [0.717, 1.165) is 29.5 Å². The second-order valence-electron chi connectivity index (χ2n) is 8.43. The first-order chi connectivity index (χ1) is 14.5. The number of nitrogens with zero attached hydrogens (tertiary/aromatic N) is 3. The zero-order chi connectivity index (χ0) is 21.1. The number of fused-ring (bicyclic) bond motifs is 1. The van der Waals surface area contributed by atoms with E-state index in [1.54, 1.807) is 18.5 Å². The number of rotatable bonds is 5. The summed E-state index contributed by atoms with van der Waals surface area (Å²) in [4.78, 5) is 29.8. The van der Waals surface area contributed by atoms with Gasteiger partial charge in [-0.05, 0) is 42.0 Å². The Morgan fingerprint density at radius 2 is 1.83 bits per heavy atom. The predicted octanol–water partition coefficient (Wildman–Crippen LogP) is 3.32. The van der Waals surface area contributed by atoms with Crippen LogP contribution in [0.25, 0.3) is 10.8 Å². The zero-order valence-electron chi connectivity index (χ0n) is 17.5. The van der Waals surface area contributed by atoms with Crippen LogP contribution in [0.2, 0.25) is 0 Å². The number of carbonyl (C=O) groups excluding carboxylic acids is 1. The average molecular weight is 405 g/mol. The number of benzene rings is 1. The zero-order valence-corrected chi connectivity index (χ0v) is 17.5. The summed E-state index contributed by atoms with van der Waals surface area (Å²) in [6.07, 6.45) is 7.38. The molecule has 1 amide bonds. The fourth-order valence-electron chi connectivity index (χ4n) is 4.41. The van der Waals surface area contributed by atoms with Gasteiger partial charge in [0.25, 0.3) is 5.56 Å². The van der Waals surface area contributed by atoms with Crippen molar-refractivity contribution in [3.8, 4) is 0 Å². The molecular weight excluding hydrogens is 376 g/mol. The van der Waals surface area contributed by atoms with Crippen molar-refractivity contribution in [3.63, 3.8) is 0 Å². The van der Waals surface area contributed by atoms with Gasteiger partial charge in [-0.15, -0.1) is 0 Å². The van der Waals surface area contributed by atoms with Gasteiger partial charge < -0.3 is 5.32 Å². The summed E-state index contributed by atoms with van der Waals surface area (Å²) in [5, 5.41) is 9.14. The lowest BCUT2D eigenvalue weighted by Gasteiger charge is -2.34. The van der Waals surface area contributed by atoms with Crippen LogP contribution in [0, 0.1) is 11.8 Å². The van der Waals surface area contributed by atoms with Crippen LogP contribution in [0.15, 0.2) is 53.6 Å². The van der Waals surface area contributed by atoms with E-state index in [-0.39, 0.29) is 24.1 Å².